The quantitative estimate of drug-likeness (QED) is 0.297. The second-order valence-electron chi connectivity index (χ2n) is 7.66. The van der Waals surface area contributed by atoms with Gasteiger partial charge < -0.3 is 10.2 Å². The average molecular weight is 531 g/mol. The van der Waals surface area contributed by atoms with Crippen molar-refractivity contribution in [2.75, 3.05) is 34.4 Å². The van der Waals surface area contributed by atoms with Gasteiger partial charge >= 0.3 is 12.2 Å². The van der Waals surface area contributed by atoms with Crippen LogP contribution in [0.2, 0.25) is 0 Å². The first kappa shape index (κ1) is 28.0. The van der Waals surface area contributed by atoms with Crippen molar-refractivity contribution >= 4 is 43.8 Å². The SMILES string of the molecule is O=C(O)N(CCCS(=O)(=O)O)c1ccc(Cc2ccc(N(CCCS(=O)(=O)O)C(=O)O)cc2)cc1. The summed E-state index contributed by atoms with van der Waals surface area (Å²) < 4.78 is 61.0. The fraction of sp³-hybridized carbons (Fsp3) is 0.333. The minimum absolute atomic E-state index is 0.0671. The minimum Gasteiger partial charge on any atom is -0.465 e. The Morgan fingerprint density at radius 3 is 1.20 bits per heavy atom. The summed E-state index contributed by atoms with van der Waals surface area (Å²) in [6, 6.07) is 13.1. The van der Waals surface area contributed by atoms with E-state index in [2.05, 4.69) is 0 Å². The van der Waals surface area contributed by atoms with Crippen molar-refractivity contribution in [3.8, 4) is 0 Å². The summed E-state index contributed by atoms with van der Waals surface area (Å²) in [6.45, 7) is -0.222. The molecule has 192 valence electrons. The lowest BCUT2D eigenvalue weighted by Gasteiger charge is -2.20. The number of anilines is 2. The van der Waals surface area contributed by atoms with Gasteiger partial charge in [0.15, 0.2) is 0 Å². The third kappa shape index (κ3) is 9.90. The fourth-order valence-corrected chi connectivity index (χ4v) is 4.29. The van der Waals surface area contributed by atoms with Crippen LogP contribution in [0.5, 0.6) is 0 Å². The lowest BCUT2D eigenvalue weighted by Crippen LogP contribution is -2.31. The molecule has 0 aromatic heterocycles. The molecule has 14 heteroatoms. The van der Waals surface area contributed by atoms with Crippen LogP contribution >= 0.6 is 0 Å². The van der Waals surface area contributed by atoms with Crippen LogP contribution in [-0.4, -0.2) is 72.9 Å². The van der Waals surface area contributed by atoms with Crippen molar-refractivity contribution < 1.29 is 45.7 Å². The zero-order valence-electron chi connectivity index (χ0n) is 18.5. The van der Waals surface area contributed by atoms with Crippen molar-refractivity contribution in [2.45, 2.75) is 19.3 Å². The number of amides is 2. The predicted molar refractivity (Wildman–Crippen MR) is 128 cm³/mol. The Bertz CT molecular complexity index is 1130. The van der Waals surface area contributed by atoms with Gasteiger partial charge in [-0.15, -0.1) is 0 Å². The smallest absolute Gasteiger partial charge is 0.411 e. The number of nitrogens with zero attached hydrogens (tertiary/aromatic N) is 2. The molecule has 0 aliphatic heterocycles. The summed E-state index contributed by atoms with van der Waals surface area (Å²) >= 11 is 0. The Balaban J connectivity index is 2.04. The van der Waals surface area contributed by atoms with Gasteiger partial charge in [0, 0.05) is 24.5 Å². The molecular weight excluding hydrogens is 504 g/mol. The lowest BCUT2D eigenvalue weighted by molar-refractivity contribution is 0.200. The summed E-state index contributed by atoms with van der Waals surface area (Å²) in [4.78, 5) is 25.0. The first-order valence-corrected chi connectivity index (χ1v) is 13.6. The molecule has 0 atom stereocenters. The summed E-state index contributed by atoms with van der Waals surface area (Å²) in [5, 5.41) is 18.8. The van der Waals surface area contributed by atoms with Gasteiger partial charge in [0.05, 0.1) is 11.5 Å². The molecule has 0 saturated heterocycles. The molecule has 2 rings (SSSR count). The van der Waals surface area contributed by atoms with Crippen LogP contribution in [0.4, 0.5) is 21.0 Å². The van der Waals surface area contributed by atoms with E-state index >= 15 is 0 Å². The molecule has 35 heavy (non-hydrogen) atoms. The Labute approximate surface area is 202 Å². The summed E-state index contributed by atoms with van der Waals surface area (Å²) in [6.07, 6.45) is -2.19. The van der Waals surface area contributed by atoms with Gasteiger partial charge in [-0.3, -0.25) is 18.9 Å². The molecule has 0 aliphatic carbocycles. The summed E-state index contributed by atoms with van der Waals surface area (Å²) in [5.41, 5.74) is 2.36. The second-order valence-corrected chi connectivity index (χ2v) is 10.8. The molecule has 2 amide bonds. The Kier molecular flexibility index (Phi) is 9.59. The molecule has 0 radical (unpaired) electrons. The first-order chi connectivity index (χ1) is 16.2. The van der Waals surface area contributed by atoms with E-state index in [1.165, 1.54) is 0 Å². The zero-order valence-corrected chi connectivity index (χ0v) is 20.2. The zero-order chi connectivity index (χ0) is 26.2. The standard InChI is InChI=1S/C21H26N2O10S2/c24-20(25)22(11-1-13-34(28,29)30)18-7-3-16(4-8-18)15-17-5-9-19(10-6-17)23(21(26)27)12-2-14-35(31,32)33/h3-10H,1-2,11-15H2,(H,24,25)(H,26,27)(H,28,29,30)(H,31,32,33). The Morgan fingerprint density at radius 2 is 0.943 bits per heavy atom. The van der Waals surface area contributed by atoms with Crippen LogP contribution in [-0.2, 0) is 26.7 Å². The summed E-state index contributed by atoms with van der Waals surface area (Å²) in [5.74, 6) is -1.10. The fourth-order valence-electron chi connectivity index (χ4n) is 3.30. The van der Waals surface area contributed by atoms with Crippen molar-refractivity contribution in [3.63, 3.8) is 0 Å². The maximum Gasteiger partial charge on any atom is 0.411 e. The minimum atomic E-state index is -4.18. The number of carboxylic acid groups (broad SMARTS) is 2. The largest absolute Gasteiger partial charge is 0.465 e. The third-order valence-electron chi connectivity index (χ3n) is 4.93. The highest BCUT2D eigenvalue weighted by Crippen LogP contribution is 2.21. The second kappa shape index (κ2) is 12.0. The van der Waals surface area contributed by atoms with Gasteiger partial charge in [-0.05, 0) is 54.7 Å². The maximum atomic E-state index is 11.5. The normalized spacial score (nSPS) is 11.7. The number of hydrogen-bond donors (Lipinski definition) is 4. The van der Waals surface area contributed by atoms with E-state index in [9.17, 15) is 36.6 Å². The highest BCUT2D eigenvalue weighted by atomic mass is 32.2. The molecule has 2 aromatic rings. The average Bonchev–Trinajstić information content (AvgIpc) is 2.74. The van der Waals surface area contributed by atoms with Crippen LogP contribution < -0.4 is 9.80 Å². The van der Waals surface area contributed by atoms with E-state index in [4.69, 9.17) is 9.11 Å². The topological polar surface area (TPSA) is 190 Å². The molecule has 0 saturated carbocycles. The van der Waals surface area contributed by atoms with Crippen LogP contribution in [0.1, 0.15) is 24.0 Å². The van der Waals surface area contributed by atoms with E-state index in [-0.39, 0.29) is 25.9 Å². The highest BCUT2D eigenvalue weighted by Gasteiger charge is 2.17. The Morgan fingerprint density at radius 1 is 0.629 bits per heavy atom. The number of carbonyl (C=O) groups is 2. The van der Waals surface area contributed by atoms with Crippen molar-refractivity contribution in [3.05, 3.63) is 59.7 Å². The molecule has 0 bridgehead atoms. The molecular formula is C21H26N2O10S2. The van der Waals surface area contributed by atoms with Crippen molar-refractivity contribution in [1.82, 2.24) is 0 Å². The monoisotopic (exact) mass is 530 g/mol. The lowest BCUT2D eigenvalue weighted by atomic mass is 10.0. The van der Waals surface area contributed by atoms with E-state index in [1.807, 2.05) is 0 Å². The van der Waals surface area contributed by atoms with Gasteiger partial charge in [-0.1, -0.05) is 24.3 Å². The molecule has 0 spiro atoms. The summed E-state index contributed by atoms with van der Waals surface area (Å²) in [7, 11) is -8.36. The number of rotatable bonds is 12. The molecule has 12 nitrogen and oxygen atoms in total. The van der Waals surface area contributed by atoms with E-state index in [0.29, 0.717) is 17.8 Å². The van der Waals surface area contributed by atoms with Crippen LogP contribution in [0.15, 0.2) is 48.5 Å². The molecule has 0 unspecified atom stereocenters. The van der Waals surface area contributed by atoms with Crippen LogP contribution in [0.25, 0.3) is 0 Å². The van der Waals surface area contributed by atoms with Crippen molar-refractivity contribution in [1.29, 1.82) is 0 Å². The van der Waals surface area contributed by atoms with Gasteiger partial charge in [0.1, 0.15) is 0 Å². The van der Waals surface area contributed by atoms with Gasteiger partial charge in [0.25, 0.3) is 20.2 Å². The predicted octanol–water partition coefficient (Wildman–Crippen LogP) is 2.80. The van der Waals surface area contributed by atoms with E-state index in [0.717, 1.165) is 20.9 Å². The molecule has 0 aliphatic rings. The Hall–Kier alpha value is -3.20. The number of hydrogen-bond acceptors (Lipinski definition) is 6. The van der Waals surface area contributed by atoms with E-state index in [1.54, 1.807) is 48.5 Å². The molecule has 0 heterocycles. The third-order valence-corrected chi connectivity index (χ3v) is 6.54. The van der Waals surface area contributed by atoms with E-state index < -0.39 is 43.9 Å². The van der Waals surface area contributed by atoms with Crippen LogP contribution in [0, 0.1) is 0 Å². The molecule has 4 N–H and O–H groups in total. The van der Waals surface area contributed by atoms with Gasteiger partial charge in [-0.2, -0.15) is 16.8 Å². The maximum absolute atomic E-state index is 11.5. The van der Waals surface area contributed by atoms with Gasteiger partial charge in [0.2, 0.25) is 0 Å². The molecule has 2 aromatic carbocycles. The first-order valence-electron chi connectivity index (χ1n) is 10.3. The van der Waals surface area contributed by atoms with Gasteiger partial charge in [-0.25, -0.2) is 9.59 Å². The number of benzene rings is 2. The van der Waals surface area contributed by atoms with Crippen LogP contribution in [0.3, 0.4) is 0 Å². The van der Waals surface area contributed by atoms with Crippen molar-refractivity contribution in [2.24, 2.45) is 0 Å². The molecule has 0 fully saturated rings. The highest BCUT2D eigenvalue weighted by molar-refractivity contribution is 7.86.